The molecule has 0 bridgehead atoms. The zero-order valence-electron chi connectivity index (χ0n) is 10.6. The molecule has 0 spiro atoms. The van der Waals surface area contributed by atoms with Crippen LogP contribution in [0.3, 0.4) is 0 Å². The van der Waals surface area contributed by atoms with Crippen molar-refractivity contribution >= 4 is 22.9 Å². The summed E-state index contributed by atoms with van der Waals surface area (Å²) in [4.78, 5) is 14.8. The molecule has 1 amide bonds. The monoisotopic (exact) mass is 278 g/mol. The van der Waals surface area contributed by atoms with Crippen LogP contribution in [0.25, 0.3) is 0 Å². The first-order chi connectivity index (χ1) is 9.08. The number of likely N-dealkylation sites (N-methyl/N-ethyl adjacent to an activating group) is 1. The summed E-state index contributed by atoms with van der Waals surface area (Å²) in [6, 6.07) is 8.12. The highest BCUT2D eigenvalue weighted by Crippen LogP contribution is 2.15. The number of hydrogen-bond acceptors (Lipinski definition) is 3. The van der Waals surface area contributed by atoms with Crippen LogP contribution in [0.2, 0.25) is 0 Å². The number of nitrogens with zero attached hydrogens (tertiary/aromatic N) is 1. The molecule has 0 saturated carbocycles. The van der Waals surface area contributed by atoms with E-state index in [1.54, 1.807) is 18.4 Å². The summed E-state index contributed by atoms with van der Waals surface area (Å²) < 4.78 is 13.6. The van der Waals surface area contributed by atoms with E-state index in [2.05, 4.69) is 0 Å². The first-order valence-corrected chi connectivity index (χ1v) is 6.79. The Balaban J connectivity index is 2.02. The second kappa shape index (κ2) is 5.84. The van der Waals surface area contributed by atoms with Gasteiger partial charge < -0.3 is 10.6 Å². The van der Waals surface area contributed by atoms with E-state index in [-0.39, 0.29) is 11.5 Å². The van der Waals surface area contributed by atoms with Crippen LogP contribution in [0.5, 0.6) is 0 Å². The highest BCUT2D eigenvalue weighted by atomic mass is 32.1. The summed E-state index contributed by atoms with van der Waals surface area (Å²) in [6.07, 6.45) is 0.774. The van der Waals surface area contributed by atoms with E-state index in [0.29, 0.717) is 12.2 Å². The van der Waals surface area contributed by atoms with Gasteiger partial charge in [0.15, 0.2) is 0 Å². The van der Waals surface area contributed by atoms with Gasteiger partial charge in [0.1, 0.15) is 5.82 Å². The lowest BCUT2D eigenvalue weighted by molar-refractivity contribution is 0.0792. The van der Waals surface area contributed by atoms with Crippen LogP contribution >= 0.6 is 11.3 Å². The van der Waals surface area contributed by atoms with Gasteiger partial charge in [0.05, 0.1) is 5.56 Å². The van der Waals surface area contributed by atoms with Gasteiger partial charge in [-0.2, -0.15) is 0 Å². The highest BCUT2D eigenvalue weighted by molar-refractivity contribution is 7.09. The molecule has 0 saturated heterocycles. The topological polar surface area (TPSA) is 46.3 Å². The van der Waals surface area contributed by atoms with E-state index in [1.807, 2.05) is 17.5 Å². The fourth-order valence-corrected chi connectivity index (χ4v) is 2.44. The molecule has 1 aromatic heterocycles. The van der Waals surface area contributed by atoms with Crippen molar-refractivity contribution in [2.75, 3.05) is 19.3 Å². The second-order valence-electron chi connectivity index (χ2n) is 4.30. The number of carbonyl (C=O) groups excluding carboxylic acids is 1. The van der Waals surface area contributed by atoms with Crippen molar-refractivity contribution in [3.05, 3.63) is 52.0 Å². The van der Waals surface area contributed by atoms with Gasteiger partial charge >= 0.3 is 0 Å². The Hall–Kier alpha value is -1.88. The summed E-state index contributed by atoms with van der Waals surface area (Å²) >= 11 is 1.65. The fourth-order valence-electron chi connectivity index (χ4n) is 1.74. The number of amides is 1. The highest BCUT2D eigenvalue weighted by Gasteiger charge is 2.16. The Morgan fingerprint density at radius 2 is 2.21 bits per heavy atom. The molecule has 0 aliphatic carbocycles. The van der Waals surface area contributed by atoms with Gasteiger partial charge in [0, 0.05) is 24.2 Å². The van der Waals surface area contributed by atoms with Crippen molar-refractivity contribution < 1.29 is 9.18 Å². The Labute approximate surface area is 115 Å². The van der Waals surface area contributed by atoms with Crippen molar-refractivity contribution in [3.8, 4) is 0 Å². The number of halogens is 1. The molecular weight excluding hydrogens is 263 g/mol. The lowest BCUT2D eigenvalue weighted by Gasteiger charge is -2.17. The number of benzene rings is 1. The molecule has 3 nitrogen and oxygen atoms in total. The van der Waals surface area contributed by atoms with E-state index in [9.17, 15) is 9.18 Å². The predicted octanol–water partition coefficient (Wildman–Crippen LogP) is 2.78. The molecule has 5 heteroatoms. The number of rotatable bonds is 4. The van der Waals surface area contributed by atoms with Gasteiger partial charge in [0.25, 0.3) is 5.91 Å². The molecule has 0 atom stereocenters. The largest absolute Gasteiger partial charge is 0.399 e. The maximum Gasteiger partial charge on any atom is 0.256 e. The molecule has 0 radical (unpaired) electrons. The minimum absolute atomic E-state index is 0.0582. The number of nitrogens with two attached hydrogens (primary N) is 1. The summed E-state index contributed by atoms with van der Waals surface area (Å²) in [6.45, 7) is 0.559. The van der Waals surface area contributed by atoms with Gasteiger partial charge in [-0.25, -0.2) is 4.39 Å². The molecule has 1 heterocycles. The molecule has 1 aromatic carbocycles. The number of thiophene rings is 1. The van der Waals surface area contributed by atoms with Crippen molar-refractivity contribution in [2.45, 2.75) is 6.42 Å². The quantitative estimate of drug-likeness (QED) is 0.874. The van der Waals surface area contributed by atoms with Crippen LogP contribution in [0.1, 0.15) is 15.2 Å². The number of nitrogen functional groups attached to an aromatic ring is 1. The third-order valence-corrected chi connectivity index (χ3v) is 3.78. The minimum atomic E-state index is -0.576. The average Bonchev–Trinajstić information content (AvgIpc) is 2.88. The van der Waals surface area contributed by atoms with Crippen LogP contribution in [0.4, 0.5) is 10.1 Å². The van der Waals surface area contributed by atoms with E-state index in [1.165, 1.54) is 28.0 Å². The fraction of sp³-hybridized carbons (Fsp3) is 0.214. The summed E-state index contributed by atoms with van der Waals surface area (Å²) in [5, 5.41) is 2.00. The standard InChI is InChI=1S/C14H15FN2OS/c1-17(7-6-11-3-2-8-19-11)14(18)12-5-4-10(16)9-13(12)15/h2-5,8-9H,6-7,16H2,1H3. The van der Waals surface area contributed by atoms with Crippen LogP contribution in [0.15, 0.2) is 35.7 Å². The molecule has 0 aliphatic rings. The van der Waals surface area contributed by atoms with E-state index >= 15 is 0 Å². The number of hydrogen-bond donors (Lipinski definition) is 1. The molecule has 0 unspecified atom stereocenters. The van der Waals surface area contributed by atoms with Crippen molar-refractivity contribution in [1.82, 2.24) is 4.90 Å². The SMILES string of the molecule is CN(CCc1cccs1)C(=O)c1ccc(N)cc1F. The normalized spacial score (nSPS) is 10.4. The average molecular weight is 278 g/mol. The van der Waals surface area contributed by atoms with Gasteiger partial charge in [0.2, 0.25) is 0 Å². The smallest absolute Gasteiger partial charge is 0.256 e. The molecule has 0 fully saturated rings. The maximum absolute atomic E-state index is 13.6. The minimum Gasteiger partial charge on any atom is -0.399 e. The maximum atomic E-state index is 13.6. The van der Waals surface area contributed by atoms with Crippen LogP contribution in [-0.2, 0) is 6.42 Å². The molecule has 19 heavy (non-hydrogen) atoms. The molecule has 100 valence electrons. The van der Waals surface area contributed by atoms with E-state index < -0.39 is 5.82 Å². The van der Waals surface area contributed by atoms with Crippen molar-refractivity contribution in [3.63, 3.8) is 0 Å². The van der Waals surface area contributed by atoms with Gasteiger partial charge in [-0.3, -0.25) is 4.79 Å². The van der Waals surface area contributed by atoms with Crippen LogP contribution < -0.4 is 5.73 Å². The third-order valence-electron chi connectivity index (χ3n) is 2.84. The summed E-state index contributed by atoms with van der Waals surface area (Å²) in [5.74, 6) is -0.901. The van der Waals surface area contributed by atoms with Gasteiger partial charge in [-0.1, -0.05) is 6.07 Å². The lowest BCUT2D eigenvalue weighted by atomic mass is 10.1. The Morgan fingerprint density at radius 3 is 2.84 bits per heavy atom. The Bertz CT molecular complexity index is 569. The number of anilines is 1. The van der Waals surface area contributed by atoms with Gasteiger partial charge in [-0.15, -0.1) is 11.3 Å². The second-order valence-corrected chi connectivity index (χ2v) is 5.33. The van der Waals surface area contributed by atoms with Crippen LogP contribution in [0, 0.1) is 5.82 Å². The van der Waals surface area contributed by atoms with Gasteiger partial charge in [-0.05, 0) is 36.1 Å². The predicted molar refractivity (Wildman–Crippen MR) is 75.8 cm³/mol. The molecule has 0 aliphatic heterocycles. The first kappa shape index (κ1) is 13.5. The molecule has 2 N–H and O–H groups in total. The Morgan fingerprint density at radius 1 is 1.42 bits per heavy atom. The van der Waals surface area contributed by atoms with Crippen LogP contribution in [-0.4, -0.2) is 24.4 Å². The summed E-state index contributed by atoms with van der Waals surface area (Å²) in [7, 11) is 1.67. The zero-order valence-corrected chi connectivity index (χ0v) is 11.4. The third kappa shape index (κ3) is 3.32. The number of carbonyl (C=O) groups is 1. The van der Waals surface area contributed by atoms with Crippen molar-refractivity contribution in [2.24, 2.45) is 0 Å². The lowest BCUT2D eigenvalue weighted by Crippen LogP contribution is -2.29. The zero-order chi connectivity index (χ0) is 13.8. The molecular formula is C14H15FN2OS. The van der Waals surface area contributed by atoms with E-state index in [4.69, 9.17) is 5.73 Å². The molecule has 2 aromatic rings. The summed E-state index contributed by atoms with van der Waals surface area (Å²) in [5.41, 5.74) is 5.84. The van der Waals surface area contributed by atoms with E-state index in [0.717, 1.165) is 6.42 Å². The first-order valence-electron chi connectivity index (χ1n) is 5.91. The van der Waals surface area contributed by atoms with Crippen molar-refractivity contribution in [1.29, 1.82) is 0 Å². The molecule has 2 rings (SSSR count). The Kier molecular flexibility index (Phi) is 4.16.